The van der Waals surface area contributed by atoms with Gasteiger partial charge in [0, 0.05) is 38.1 Å². The molecule has 5 nitrogen and oxygen atoms in total. The molecule has 0 aliphatic carbocycles. The van der Waals surface area contributed by atoms with E-state index >= 15 is 0 Å². The van der Waals surface area contributed by atoms with Gasteiger partial charge in [0.2, 0.25) is 0 Å². The molecule has 1 heterocycles. The maximum Gasteiger partial charge on any atom is 0.263 e. The lowest BCUT2D eigenvalue weighted by Gasteiger charge is -2.28. The molecule has 1 amide bonds. The first kappa shape index (κ1) is 22.7. The Morgan fingerprint density at radius 1 is 1.13 bits per heavy atom. The van der Waals surface area contributed by atoms with Crippen molar-refractivity contribution in [2.45, 2.75) is 36.9 Å². The van der Waals surface area contributed by atoms with Crippen molar-refractivity contribution >= 4 is 17.7 Å². The quantitative estimate of drug-likeness (QED) is 0.655. The molecule has 1 aliphatic rings. The molecule has 0 unspecified atom stereocenters. The lowest BCUT2D eigenvalue weighted by molar-refractivity contribution is -0.138. The number of likely N-dealkylation sites (N-methyl/N-ethyl adjacent to an activating group) is 1. The third-order valence-corrected chi connectivity index (χ3v) is 6.31. The van der Waals surface area contributed by atoms with E-state index in [9.17, 15) is 9.90 Å². The second-order valence-electron chi connectivity index (χ2n) is 7.88. The van der Waals surface area contributed by atoms with E-state index in [-0.39, 0.29) is 5.91 Å². The SMILES string of the molecule is CSc1ccc(O[C@H](C)C(=O)N(C)C[C@H](O)CN2CCc3ccccc3CC2)cc1. The smallest absolute Gasteiger partial charge is 0.263 e. The summed E-state index contributed by atoms with van der Waals surface area (Å²) >= 11 is 1.66. The zero-order chi connectivity index (χ0) is 21.5. The molecular formula is C24H32N2O3S. The lowest BCUT2D eigenvalue weighted by Crippen LogP contribution is -2.45. The molecule has 0 spiro atoms. The minimum atomic E-state index is -0.602. The van der Waals surface area contributed by atoms with Crippen molar-refractivity contribution in [2.75, 3.05) is 39.5 Å². The minimum absolute atomic E-state index is 0.133. The Morgan fingerprint density at radius 2 is 1.73 bits per heavy atom. The summed E-state index contributed by atoms with van der Waals surface area (Å²) < 4.78 is 5.79. The van der Waals surface area contributed by atoms with Gasteiger partial charge in [-0.1, -0.05) is 24.3 Å². The molecule has 3 rings (SSSR count). The van der Waals surface area contributed by atoms with Gasteiger partial charge >= 0.3 is 0 Å². The van der Waals surface area contributed by atoms with E-state index in [1.807, 2.05) is 30.5 Å². The van der Waals surface area contributed by atoms with Gasteiger partial charge in [-0.3, -0.25) is 4.79 Å². The van der Waals surface area contributed by atoms with Crippen LogP contribution in [0.1, 0.15) is 18.1 Å². The van der Waals surface area contributed by atoms with Crippen molar-refractivity contribution in [1.82, 2.24) is 9.80 Å². The number of β-amino-alcohol motifs (C(OH)–C–C–N with tert-alkyl or cyclic N) is 1. The van der Waals surface area contributed by atoms with Crippen LogP contribution < -0.4 is 4.74 Å². The molecule has 2 aromatic carbocycles. The molecule has 0 bridgehead atoms. The molecular weight excluding hydrogens is 396 g/mol. The third-order valence-electron chi connectivity index (χ3n) is 5.56. The third kappa shape index (κ3) is 6.24. The summed E-state index contributed by atoms with van der Waals surface area (Å²) in [6, 6.07) is 16.3. The topological polar surface area (TPSA) is 53.0 Å². The molecule has 0 aromatic heterocycles. The molecule has 2 aromatic rings. The van der Waals surface area contributed by atoms with Crippen LogP contribution in [0.15, 0.2) is 53.4 Å². The van der Waals surface area contributed by atoms with Crippen LogP contribution in [0.3, 0.4) is 0 Å². The number of rotatable bonds is 8. The van der Waals surface area contributed by atoms with Crippen molar-refractivity contribution in [1.29, 1.82) is 0 Å². The fourth-order valence-electron chi connectivity index (χ4n) is 3.88. The van der Waals surface area contributed by atoms with Crippen molar-refractivity contribution in [2.24, 2.45) is 0 Å². The van der Waals surface area contributed by atoms with E-state index in [2.05, 4.69) is 29.2 Å². The van der Waals surface area contributed by atoms with E-state index in [0.717, 1.165) is 30.8 Å². The van der Waals surface area contributed by atoms with Gasteiger partial charge in [0.25, 0.3) is 5.91 Å². The zero-order valence-corrected chi connectivity index (χ0v) is 18.9. The Kier molecular flexibility index (Phi) is 8.19. The predicted octanol–water partition coefficient (Wildman–Crippen LogP) is 3.10. The van der Waals surface area contributed by atoms with Crippen molar-refractivity contribution in [3.05, 3.63) is 59.7 Å². The highest BCUT2D eigenvalue weighted by atomic mass is 32.2. The van der Waals surface area contributed by atoms with Crippen LogP contribution in [-0.4, -0.2) is 72.5 Å². The first-order chi connectivity index (χ1) is 14.5. The molecule has 162 valence electrons. The fraction of sp³-hybridized carbons (Fsp3) is 0.458. The number of aliphatic hydroxyl groups is 1. The average molecular weight is 429 g/mol. The Labute approximate surface area is 184 Å². The molecule has 2 atom stereocenters. The minimum Gasteiger partial charge on any atom is -0.481 e. The molecule has 30 heavy (non-hydrogen) atoms. The average Bonchev–Trinajstić information content (AvgIpc) is 2.96. The molecule has 0 radical (unpaired) electrons. The summed E-state index contributed by atoms with van der Waals surface area (Å²) in [7, 11) is 1.72. The van der Waals surface area contributed by atoms with Crippen LogP contribution in [-0.2, 0) is 17.6 Å². The predicted molar refractivity (Wildman–Crippen MR) is 122 cm³/mol. The number of benzene rings is 2. The summed E-state index contributed by atoms with van der Waals surface area (Å²) in [5.41, 5.74) is 2.80. The number of carbonyl (C=O) groups excluding carboxylic acids is 1. The molecule has 1 aliphatic heterocycles. The fourth-order valence-corrected chi connectivity index (χ4v) is 4.29. The number of hydrogen-bond donors (Lipinski definition) is 1. The largest absolute Gasteiger partial charge is 0.481 e. The van der Waals surface area contributed by atoms with Crippen LogP contribution >= 0.6 is 11.8 Å². The van der Waals surface area contributed by atoms with E-state index in [0.29, 0.717) is 18.8 Å². The number of aliphatic hydroxyl groups excluding tert-OH is 1. The Hall–Kier alpha value is -2.02. The van der Waals surface area contributed by atoms with Gasteiger partial charge in [0.1, 0.15) is 5.75 Å². The maximum absolute atomic E-state index is 12.7. The van der Waals surface area contributed by atoms with Gasteiger partial charge in [-0.05, 0) is 61.4 Å². The Balaban J connectivity index is 1.46. The highest BCUT2D eigenvalue weighted by molar-refractivity contribution is 7.98. The van der Waals surface area contributed by atoms with Crippen LogP contribution in [0.4, 0.5) is 0 Å². The molecule has 0 fully saturated rings. The molecule has 0 saturated carbocycles. The van der Waals surface area contributed by atoms with Gasteiger partial charge in [0.15, 0.2) is 6.10 Å². The van der Waals surface area contributed by atoms with Gasteiger partial charge in [-0.15, -0.1) is 11.8 Å². The summed E-state index contributed by atoms with van der Waals surface area (Å²) in [6.07, 6.45) is 2.82. The first-order valence-corrected chi connectivity index (χ1v) is 11.7. The molecule has 6 heteroatoms. The number of thioether (sulfide) groups is 1. The standard InChI is InChI=1S/C24H32N2O3S/c1-18(29-22-8-10-23(30-3)11-9-22)24(28)25(2)16-21(27)17-26-14-12-19-6-4-5-7-20(19)13-15-26/h4-11,18,21,27H,12-17H2,1-3H3/t18-,21+/m1/s1. The highest BCUT2D eigenvalue weighted by Gasteiger charge is 2.23. The van der Waals surface area contributed by atoms with Crippen LogP contribution in [0.2, 0.25) is 0 Å². The summed E-state index contributed by atoms with van der Waals surface area (Å²) in [4.78, 5) is 17.7. The number of hydrogen-bond acceptors (Lipinski definition) is 5. The summed E-state index contributed by atoms with van der Waals surface area (Å²) in [6.45, 7) is 4.46. The highest BCUT2D eigenvalue weighted by Crippen LogP contribution is 2.20. The van der Waals surface area contributed by atoms with Gasteiger partial charge in [-0.2, -0.15) is 0 Å². The molecule has 1 N–H and O–H groups in total. The van der Waals surface area contributed by atoms with Gasteiger partial charge < -0.3 is 19.6 Å². The van der Waals surface area contributed by atoms with Crippen molar-refractivity contribution in [3.63, 3.8) is 0 Å². The monoisotopic (exact) mass is 428 g/mol. The number of ether oxygens (including phenoxy) is 1. The van der Waals surface area contributed by atoms with Gasteiger partial charge in [-0.25, -0.2) is 0 Å². The number of nitrogens with zero attached hydrogens (tertiary/aromatic N) is 2. The second-order valence-corrected chi connectivity index (χ2v) is 8.76. The van der Waals surface area contributed by atoms with Crippen LogP contribution in [0.25, 0.3) is 0 Å². The number of carbonyl (C=O) groups is 1. The zero-order valence-electron chi connectivity index (χ0n) is 18.1. The van der Waals surface area contributed by atoms with E-state index in [4.69, 9.17) is 4.74 Å². The summed E-state index contributed by atoms with van der Waals surface area (Å²) in [5.74, 6) is 0.540. The first-order valence-electron chi connectivity index (χ1n) is 10.5. The Morgan fingerprint density at radius 3 is 2.30 bits per heavy atom. The lowest BCUT2D eigenvalue weighted by atomic mass is 10.0. The van der Waals surface area contributed by atoms with E-state index in [1.165, 1.54) is 11.1 Å². The van der Waals surface area contributed by atoms with Crippen LogP contribution in [0, 0.1) is 0 Å². The van der Waals surface area contributed by atoms with Crippen molar-refractivity contribution < 1.29 is 14.6 Å². The number of amides is 1. The normalized spacial score (nSPS) is 16.3. The molecule has 0 saturated heterocycles. The van der Waals surface area contributed by atoms with Crippen molar-refractivity contribution in [3.8, 4) is 5.75 Å². The maximum atomic E-state index is 12.7. The second kappa shape index (κ2) is 10.8. The van der Waals surface area contributed by atoms with E-state index in [1.54, 1.807) is 30.6 Å². The summed E-state index contributed by atoms with van der Waals surface area (Å²) in [5, 5.41) is 10.6. The van der Waals surface area contributed by atoms with Crippen LogP contribution in [0.5, 0.6) is 5.75 Å². The van der Waals surface area contributed by atoms with E-state index < -0.39 is 12.2 Å². The van der Waals surface area contributed by atoms with Gasteiger partial charge in [0.05, 0.1) is 6.10 Å². The Bertz CT molecular complexity index is 800. The number of fused-ring (bicyclic) bond motifs is 1.